The van der Waals surface area contributed by atoms with Gasteiger partial charge in [0.1, 0.15) is 0 Å². The zero-order valence-electron chi connectivity index (χ0n) is 32.0. The average Bonchev–Trinajstić information content (AvgIpc) is 3.02. The molecule has 0 unspecified atom stereocenters. The number of hydrogen-bond acceptors (Lipinski definition) is 6. The summed E-state index contributed by atoms with van der Waals surface area (Å²) in [6.07, 6.45) is 27.8. The largest absolute Gasteiger partial charge is 1.00 e. The number of aliphatic carboxylic acids is 2. The van der Waals surface area contributed by atoms with Crippen LogP contribution in [-0.4, -0.2) is 59.7 Å². The molecule has 0 saturated carbocycles. The first-order chi connectivity index (χ1) is 22.3. The molecule has 0 rings (SSSR count). The standard InChI is InChI=1S/C38H72N2O6.2Na/c1-3-5-7-9-11-13-15-19-23-27-35(41)39(33-29-37(43)44)31-25-21-17-18-22-26-32-40(34-30-38(45)46)36(42)28-24-20-16-14-12-10-8-6-4-2;;/h3-34H2,1-2H3,(H,43,44)(H,45,46);;/q;2*+1/p-2. The number of amides is 2. The second-order valence-corrected chi connectivity index (χ2v) is 13.3. The Morgan fingerprint density at radius 3 is 0.875 bits per heavy atom. The topological polar surface area (TPSA) is 121 Å². The maximum absolute atomic E-state index is 12.8. The van der Waals surface area contributed by atoms with Gasteiger partial charge in [-0.05, 0) is 25.7 Å². The van der Waals surface area contributed by atoms with Gasteiger partial charge in [-0.1, -0.05) is 142 Å². The summed E-state index contributed by atoms with van der Waals surface area (Å²) in [6, 6.07) is 0. The van der Waals surface area contributed by atoms with E-state index in [0.29, 0.717) is 25.9 Å². The predicted octanol–water partition coefficient (Wildman–Crippen LogP) is 1.11. The van der Waals surface area contributed by atoms with Gasteiger partial charge < -0.3 is 29.6 Å². The molecule has 0 atom stereocenters. The summed E-state index contributed by atoms with van der Waals surface area (Å²) in [7, 11) is 0. The van der Waals surface area contributed by atoms with E-state index in [1.807, 2.05) is 0 Å². The number of carbonyl (C=O) groups is 4. The first-order valence-corrected chi connectivity index (χ1v) is 19.3. The van der Waals surface area contributed by atoms with Gasteiger partial charge in [-0.25, -0.2) is 0 Å². The molecule has 10 heteroatoms. The van der Waals surface area contributed by atoms with E-state index >= 15 is 0 Å². The Kier molecular flexibility index (Phi) is 43.2. The average molecular weight is 697 g/mol. The van der Waals surface area contributed by atoms with Crippen LogP contribution < -0.4 is 69.3 Å². The van der Waals surface area contributed by atoms with Crippen LogP contribution in [-0.2, 0) is 19.2 Å². The Morgan fingerprint density at radius 1 is 0.354 bits per heavy atom. The zero-order valence-corrected chi connectivity index (χ0v) is 36.0. The molecule has 0 aromatic carbocycles. The van der Waals surface area contributed by atoms with Gasteiger partial charge in [0.2, 0.25) is 11.8 Å². The summed E-state index contributed by atoms with van der Waals surface area (Å²) >= 11 is 0. The molecule has 0 bridgehead atoms. The summed E-state index contributed by atoms with van der Waals surface area (Å²) in [5.74, 6) is -2.15. The molecule has 0 aliphatic rings. The third kappa shape index (κ3) is 35.7. The molecule has 0 heterocycles. The molecule has 0 fully saturated rings. The number of carboxylic acid groups (broad SMARTS) is 2. The van der Waals surface area contributed by atoms with Crippen molar-refractivity contribution in [1.29, 1.82) is 0 Å². The minimum atomic E-state index is -1.12. The monoisotopic (exact) mass is 697 g/mol. The number of carboxylic acids is 2. The van der Waals surface area contributed by atoms with Crippen molar-refractivity contribution in [3.05, 3.63) is 0 Å². The van der Waals surface area contributed by atoms with Gasteiger partial charge in [0, 0.05) is 63.8 Å². The van der Waals surface area contributed by atoms with E-state index in [-0.39, 0.29) is 96.9 Å². The number of nitrogens with zero attached hydrogens (tertiary/aromatic N) is 2. The van der Waals surface area contributed by atoms with Gasteiger partial charge in [-0.2, -0.15) is 0 Å². The first kappa shape index (κ1) is 52.2. The first-order valence-electron chi connectivity index (χ1n) is 19.3. The van der Waals surface area contributed by atoms with Crippen LogP contribution in [0.1, 0.15) is 194 Å². The van der Waals surface area contributed by atoms with Crippen LogP contribution in [0.2, 0.25) is 0 Å². The summed E-state index contributed by atoms with van der Waals surface area (Å²) in [6.45, 7) is 6.03. The Hall–Kier alpha value is -0.120. The second-order valence-electron chi connectivity index (χ2n) is 13.3. The van der Waals surface area contributed by atoms with E-state index in [4.69, 9.17) is 0 Å². The molecule has 2 amide bonds. The normalized spacial score (nSPS) is 10.6. The maximum atomic E-state index is 12.8. The minimum Gasteiger partial charge on any atom is -0.550 e. The van der Waals surface area contributed by atoms with Gasteiger partial charge in [0.15, 0.2) is 0 Å². The van der Waals surface area contributed by atoms with Crippen molar-refractivity contribution in [1.82, 2.24) is 9.80 Å². The summed E-state index contributed by atoms with van der Waals surface area (Å²) in [4.78, 5) is 51.0. The van der Waals surface area contributed by atoms with Gasteiger partial charge in [0.25, 0.3) is 0 Å². The third-order valence-corrected chi connectivity index (χ3v) is 8.97. The zero-order chi connectivity index (χ0) is 34.1. The Balaban J connectivity index is -0.0000101. The van der Waals surface area contributed by atoms with Crippen LogP contribution in [0.4, 0.5) is 0 Å². The molecule has 8 nitrogen and oxygen atoms in total. The van der Waals surface area contributed by atoms with Crippen molar-refractivity contribution in [2.75, 3.05) is 26.2 Å². The molecular formula is C38H70N2Na2O6. The predicted molar refractivity (Wildman–Crippen MR) is 184 cm³/mol. The van der Waals surface area contributed by atoms with Crippen LogP contribution in [0.25, 0.3) is 0 Å². The van der Waals surface area contributed by atoms with E-state index < -0.39 is 11.9 Å². The molecule has 270 valence electrons. The smallest absolute Gasteiger partial charge is 0.550 e. The summed E-state index contributed by atoms with van der Waals surface area (Å²) < 4.78 is 0. The van der Waals surface area contributed by atoms with Crippen molar-refractivity contribution in [2.24, 2.45) is 0 Å². The third-order valence-electron chi connectivity index (χ3n) is 8.97. The molecule has 0 saturated heterocycles. The molecule has 48 heavy (non-hydrogen) atoms. The van der Waals surface area contributed by atoms with Crippen LogP contribution >= 0.6 is 0 Å². The van der Waals surface area contributed by atoms with Crippen molar-refractivity contribution in [3.8, 4) is 0 Å². The van der Waals surface area contributed by atoms with E-state index in [1.165, 1.54) is 77.0 Å². The van der Waals surface area contributed by atoms with Crippen LogP contribution in [0.15, 0.2) is 0 Å². The van der Waals surface area contributed by atoms with Crippen LogP contribution in [0.5, 0.6) is 0 Å². The number of rotatable bonds is 35. The van der Waals surface area contributed by atoms with E-state index in [0.717, 1.165) is 77.0 Å². The SMILES string of the molecule is CCCCCCCCCCCC(=O)N(CCCCCCCCN(CCC(=O)[O-])C(=O)CCCCCCCCCCC)CCC(=O)[O-].[Na+].[Na+]. The number of carbonyl (C=O) groups excluding carboxylic acids is 4. The fraction of sp³-hybridized carbons (Fsp3) is 0.895. The van der Waals surface area contributed by atoms with Crippen molar-refractivity contribution < 1.29 is 88.5 Å². The fourth-order valence-electron chi connectivity index (χ4n) is 5.98. The number of hydrogen-bond donors (Lipinski definition) is 0. The molecule has 0 N–H and O–H groups in total. The van der Waals surface area contributed by atoms with Gasteiger partial charge in [0.05, 0.1) is 0 Å². The van der Waals surface area contributed by atoms with Crippen molar-refractivity contribution >= 4 is 23.8 Å². The van der Waals surface area contributed by atoms with Gasteiger partial charge in [-0.3, -0.25) is 9.59 Å². The fourth-order valence-corrected chi connectivity index (χ4v) is 5.98. The Morgan fingerprint density at radius 2 is 0.604 bits per heavy atom. The van der Waals surface area contributed by atoms with E-state index in [2.05, 4.69) is 13.8 Å². The summed E-state index contributed by atoms with van der Waals surface area (Å²) in [5.41, 5.74) is 0. The molecular weight excluding hydrogens is 626 g/mol. The molecule has 0 radical (unpaired) electrons. The quantitative estimate of drug-likeness (QED) is 0.0724. The van der Waals surface area contributed by atoms with E-state index in [1.54, 1.807) is 9.80 Å². The van der Waals surface area contributed by atoms with Crippen molar-refractivity contribution in [2.45, 2.75) is 194 Å². The number of unbranched alkanes of at least 4 members (excludes halogenated alkanes) is 21. The second kappa shape index (κ2) is 39.7. The Bertz CT molecular complexity index is 709. The molecule has 0 aliphatic carbocycles. The Labute approximate surface area is 339 Å². The van der Waals surface area contributed by atoms with Gasteiger partial charge in [-0.15, -0.1) is 0 Å². The molecule has 0 aromatic rings. The molecule has 0 aromatic heterocycles. The maximum Gasteiger partial charge on any atom is 1.00 e. The van der Waals surface area contributed by atoms with Crippen LogP contribution in [0.3, 0.4) is 0 Å². The summed E-state index contributed by atoms with van der Waals surface area (Å²) in [5, 5.41) is 22.0. The van der Waals surface area contributed by atoms with Gasteiger partial charge >= 0.3 is 59.1 Å². The van der Waals surface area contributed by atoms with Crippen molar-refractivity contribution in [3.63, 3.8) is 0 Å². The van der Waals surface area contributed by atoms with Crippen LogP contribution in [0, 0.1) is 0 Å². The molecule has 0 spiro atoms. The minimum absolute atomic E-state index is 0. The van der Waals surface area contributed by atoms with E-state index in [9.17, 15) is 29.4 Å². The molecule has 0 aliphatic heterocycles.